The van der Waals surface area contributed by atoms with E-state index in [1.165, 1.54) is 5.57 Å². The Kier molecular flexibility index (Phi) is 2.53. The predicted octanol–water partition coefficient (Wildman–Crippen LogP) is 1.60. The van der Waals surface area contributed by atoms with Crippen molar-refractivity contribution in [1.29, 1.82) is 0 Å². The fourth-order valence-corrected chi connectivity index (χ4v) is 3.04. The minimum Gasteiger partial charge on any atom is -0.377 e. The highest BCUT2D eigenvalue weighted by Crippen LogP contribution is 2.39. The van der Waals surface area contributed by atoms with E-state index in [2.05, 4.69) is 21.7 Å². The van der Waals surface area contributed by atoms with Gasteiger partial charge in [-0.25, -0.2) is 4.99 Å². The molecular formula is C14H15ClN4. The molecule has 0 radical (unpaired) electrons. The third kappa shape index (κ3) is 1.75. The molecule has 0 amide bonds. The zero-order valence-corrected chi connectivity index (χ0v) is 11.2. The number of hydrogen-bond donors (Lipinski definition) is 2. The molecule has 3 heterocycles. The van der Waals surface area contributed by atoms with Gasteiger partial charge < -0.3 is 15.5 Å². The summed E-state index contributed by atoms with van der Waals surface area (Å²) in [6.45, 7) is 4.09. The fraction of sp³-hybridized carbons (Fsp3) is 0.357. The van der Waals surface area contributed by atoms with Gasteiger partial charge in [-0.05, 0) is 18.2 Å². The van der Waals surface area contributed by atoms with Gasteiger partial charge in [0.25, 0.3) is 0 Å². The van der Waals surface area contributed by atoms with Crippen LogP contribution in [0, 0.1) is 0 Å². The molecule has 98 valence electrons. The summed E-state index contributed by atoms with van der Waals surface area (Å²) in [7, 11) is 0. The molecule has 1 aromatic rings. The molecular weight excluding hydrogens is 260 g/mol. The first-order valence-electron chi connectivity index (χ1n) is 6.63. The van der Waals surface area contributed by atoms with Crippen LogP contribution in [0.25, 0.3) is 5.57 Å². The van der Waals surface area contributed by atoms with Crippen LogP contribution in [0.4, 0.5) is 5.69 Å². The van der Waals surface area contributed by atoms with Gasteiger partial charge in [0.1, 0.15) is 11.9 Å². The zero-order valence-electron chi connectivity index (χ0n) is 10.5. The highest BCUT2D eigenvalue weighted by Gasteiger charge is 2.35. The predicted molar refractivity (Wildman–Crippen MR) is 77.9 cm³/mol. The molecule has 1 saturated heterocycles. The third-order valence-corrected chi connectivity index (χ3v) is 4.16. The van der Waals surface area contributed by atoms with E-state index in [1.54, 1.807) is 0 Å². The summed E-state index contributed by atoms with van der Waals surface area (Å²) in [5.74, 6) is 1.15. The van der Waals surface area contributed by atoms with Gasteiger partial charge in [-0.15, -0.1) is 0 Å². The standard InChI is InChI=1S/C14H15ClN4/c15-9-1-2-12-10(7-9)11-8-17-13(11)14(18-12)19-5-3-16-4-6-19/h1-2,7-8,13,16-17H,3-6H2. The van der Waals surface area contributed by atoms with Gasteiger partial charge in [-0.3, -0.25) is 0 Å². The summed E-state index contributed by atoms with van der Waals surface area (Å²) in [6, 6.07) is 6.17. The molecule has 1 fully saturated rings. The maximum absolute atomic E-state index is 6.08. The molecule has 1 unspecified atom stereocenters. The van der Waals surface area contributed by atoms with E-state index in [9.17, 15) is 0 Å². The highest BCUT2D eigenvalue weighted by atomic mass is 35.5. The lowest BCUT2D eigenvalue weighted by atomic mass is 9.89. The molecule has 0 aromatic heterocycles. The fourth-order valence-electron chi connectivity index (χ4n) is 2.87. The number of piperazine rings is 1. The van der Waals surface area contributed by atoms with Crippen molar-refractivity contribution in [3.05, 3.63) is 35.0 Å². The van der Waals surface area contributed by atoms with Crippen LogP contribution in [0.2, 0.25) is 5.02 Å². The number of halogens is 1. The van der Waals surface area contributed by atoms with Gasteiger partial charge in [-0.2, -0.15) is 0 Å². The molecule has 3 aliphatic rings. The normalized spacial score (nSPS) is 24.5. The van der Waals surface area contributed by atoms with Crippen molar-refractivity contribution in [3.63, 3.8) is 0 Å². The topological polar surface area (TPSA) is 39.7 Å². The van der Waals surface area contributed by atoms with Crippen LogP contribution in [0.15, 0.2) is 29.4 Å². The monoisotopic (exact) mass is 274 g/mol. The first kappa shape index (κ1) is 11.3. The smallest absolute Gasteiger partial charge is 0.132 e. The summed E-state index contributed by atoms with van der Waals surface area (Å²) in [5, 5.41) is 7.50. The van der Waals surface area contributed by atoms with E-state index in [-0.39, 0.29) is 6.04 Å². The molecule has 19 heavy (non-hydrogen) atoms. The SMILES string of the molecule is Clc1ccc2c(c1)C1=CNC1C(N1CCNCC1)=N2. The van der Waals surface area contributed by atoms with E-state index in [0.29, 0.717) is 0 Å². The van der Waals surface area contributed by atoms with Crippen LogP contribution in [0.3, 0.4) is 0 Å². The van der Waals surface area contributed by atoms with E-state index in [4.69, 9.17) is 16.6 Å². The lowest BCUT2D eigenvalue weighted by Crippen LogP contribution is -2.56. The number of amidine groups is 1. The average Bonchev–Trinajstić information content (AvgIpc) is 2.39. The van der Waals surface area contributed by atoms with E-state index < -0.39 is 0 Å². The number of benzene rings is 1. The lowest BCUT2D eigenvalue weighted by molar-refractivity contribution is 0.347. The number of rotatable bonds is 0. The Bertz CT molecular complexity index is 587. The molecule has 1 atom stereocenters. The van der Waals surface area contributed by atoms with Gasteiger partial charge >= 0.3 is 0 Å². The Morgan fingerprint density at radius 3 is 2.84 bits per heavy atom. The maximum Gasteiger partial charge on any atom is 0.132 e. The number of nitrogens with zero attached hydrogens (tertiary/aromatic N) is 2. The number of fused-ring (bicyclic) bond motifs is 3. The average molecular weight is 275 g/mol. The molecule has 4 rings (SSSR count). The number of hydrogen-bond acceptors (Lipinski definition) is 4. The Balaban J connectivity index is 1.77. The van der Waals surface area contributed by atoms with Crippen LogP contribution in [-0.4, -0.2) is 43.0 Å². The minimum absolute atomic E-state index is 0.240. The van der Waals surface area contributed by atoms with Gasteiger partial charge in [0, 0.05) is 48.5 Å². The highest BCUT2D eigenvalue weighted by molar-refractivity contribution is 6.31. The zero-order chi connectivity index (χ0) is 12.8. The molecule has 5 heteroatoms. The van der Waals surface area contributed by atoms with Crippen molar-refractivity contribution in [2.24, 2.45) is 4.99 Å². The largest absolute Gasteiger partial charge is 0.377 e. The summed E-state index contributed by atoms with van der Waals surface area (Å²) < 4.78 is 0. The molecule has 0 bridgehead atoms. The summed E-state index contributed by atoms with van der Waals surface area (Å²) in [4.78, 5) is 7.22. The van der Waals surface area contributed by atoms with Gasteiger partial charge in [0.05, 0.1) is 5.69 Å². The molecule has 0 spiro atoms. The minimum atomic E-state index is 0.240. The Labute approximate surface area is 117 Å². The van der Waals surface area contributed by atoms with Crippen molar-refractivity contribution in [2.45, 2.75) is 6.04 Å². The molecule has 3 aliphatic heterocycles. The Morgan fingerprint density at radius 2 is 2.11 bits per heavy atom. The van der Waals surface area contributed by atoms with E-state index in [0.717, 1.165) is 48.3 Å². The van der Waals surface area contributed by atoms with Crippen molar-refractivity contribution in [2.75, 3.05) is 26.2 Å². The van der Waals surface area contributed by atoms with Crippen molar-refractivity contribution < 1.29 is 0 Å². The molecule has 2 N–H and O–H groups in total. The van der Waals surface area contributed by atoms with Crippen LogP contribution >= 0.6 is 11.6 Å². The number of aliphatic imine (C=N–C) groups is 1. The number of nitrogens with one attached hydrogen (secondary N) is 2. The molecule has 4 nitrogen and oxygen atoms in total. The summed E-state index contributed by atoms with van der Waals surface area (Å²) in [6.07, 6.45) is 2.07. The third-order valence-electron chi connectivity index (χ3n) is 3.92. The van der Waals surface area contributed by atoms with Gasteiger partial charge in [-0.1, -0.05) is 11.6 Å². The summed E-state index contributed by atoms with van der Waals surface area (Å²) in [5.41, 5.74) is 3.50. The van der Waals surface area contributed by atoms with Crippen LogP contribution in [0.1, 0.15) is 5.56 Å². The quantitative estimate of drug-likeness (QED) is 0.755. The Hall–Kier alpha value is -1.52. The second-order valence-electron chi connectivity index (χ2n) is 5.07. The molecule has 1 aromatic carbocycles. The van der Waals surface area contributed by atoms with Crippen molar-refractivity contribution >= 4 is 28.7 Å². The Morgan fingerprint density at radius 1 is 1.26 bits per heavy atom. The second kappa shape index (κ2) is 4.25. The van der Waals surface area contributed by atoms with Crippen molar-refractivity contribution in [1.82, 2.24) is 15.5 Å². The summed E-state index contributed by atoms with van der Waals surface area (Å²) >= 11 is 6.08. The first-order valence-corrected chi connectivity index (χ1v) is 7.01. The molecule has 0 saturated carbocycles. The second-order valence-corrected chi connectivity index (χ2v) is 5.50. The van der Waals surface area contributed by atoms with E-state index >= 15 is 0 Å². The maximum atomic E-state index is 6.08. The van der Waals surface area contributed by atoms with Gasteiger partial charge in [0.2, 0.25) is 0 Å². The van der Waals surface area contributed by atoms with Crippen LogP contribution < -0.4 is 10.6 Å². The van der Waals surface area contributed by atoms with E-state index in [1.807, 2.05) is 18.2 Å². The lowest BCUT2D eigenvalue weighted by Gasteiger charge is -2.41. The first-order chi connectivity index (χ1) is 9.33. The van der Waals surface area contributed by atoms with Gasteiger partial charge in [0.15, 0.2) is 0 Å². The molecule has 0 aliphatic carbocycles. The van der Waals surface area contributed by atoms with Crippen LogP contribution in [-0.2, 0) is 0 Å². The van der Waals surface area contributed by atoms with Crippen LogP contribution in [0.5, 0.6) is 0 Å². The van der Waals surface area contributed by atoms with Crippen molar-refractivity contribution in [3.8, 4) is 0 Å².